The van der Waals surface area contributed by atoms with Crippen molar-refractivity contribution in [2.45, 2.75) is 47.0 Å². The Morgan fingerprint density at radius 3 is 2.15 bits per heavy atom. The molecule has 0 aromatic rings. The highest BCUT2D eigenvalue weighted by atomic mass is 33.1. The van der Waals surface area contributed by atoms with Crippen LogP contribution in [0, 0.1) is 5.41 Å². The Kier molecular flexibility index (Phi) is 11.1. The van der Waals surface area contributed by atoms with E-state index in [0.29, 0.717) is 25.9 Å². The second kappa shape index (κ2) is 11.3. The lowest BCUT2D eigenvalue weighted by atomic mass is 9.92. The molecule has 2 N–H and O–H groups in total. The van der Waals surface area contributed by atoms with E-state index in [1.165, 1.54) is 6.42 Å². The lowest BCUT2D eigenvalue weighted by Crippen LogP contribution is -2.33. The fraction of sp³-hybridized carbons (Fsp3) is 0.857. The molecule has 0 unspecified atom stereocenters. The maximum atomic E-state index is 11.6. The number of nitrogens with one attached hydrogen (secondary N) is 2. The molecule has 0 fully saturated rings. The quantitative estimate of drug-likeness (QED) is 0.480. The fourth-order valence-electron chi connectivity index (χ4n) is 1.38. The van der Waals surface area contributed by atoms with Crippen molar-refractivity contribution in [3.8, 4) is 0 Å². The number of hydrogen-bond acceptors (Lipinski definition) is 4. The van der Waals surface area contributed by atoms with Crippen LogP contribution in [0.3, 0.4) is 0 Å². The molecule has 0 spiro atoms. The van der Waals surface area contributed by atoms with E-state index in [1.54, 1.807) is 10.8 Å². The van der Waals surface area contributed by atoms with Crippen molar-refractivity contribution in [2.24, 2.45) is 5.41 Å². The molecule has 0 aromatic heterocycles. The average Bonchev–Trinajstić information content (AvgIpc) is 2.31. The highest BCUT2D eigenvalue weighted by Gasteiger charge is 2.15. The van der Waals surface area contributed by atoms with Gasteiger partial charge in [0.1, 0.15) is 0 Å². The van der Waals surface area contributed by atoms with E-state index in [0.717, 1.165) is 11.5 Å². The maximum Gasteiger partial charge on any atom is 0.221 e. The molecule has 0 rings (SSSR count). The van der Waals surface area contributed by atoms with Crippen LogP contribution in [0.2, 0.25) is 0 Å². The van der Waals surface area contributed by atoms with Gasteiger partial charge in [-0.1, -0.05) is 49.3 Å². The third-order valence-electron chi connectivity index (χ3n) is 2.24. The minimum atomic E-state index is -0.0142. The Balaban J connectivity index is 3.47. The average molecular weight is 321 g/mol. The van der Waals surface area contributed by atoms with Gasteiger partial charge in [-0.3, -0.25) is 9.59 Å². The summed E-state index contributed by atoms with van der Waals surface area (Å²) in [6.45, 7) is 9.33. The van der Waals surface area contributed by atoms with Gasteiger partial charge in [-0.15, -0.1) is 0 Å². The van der Waals surface area contributed by atoms with Crippen LogP contribution in [0.1, 0.15) is 47.0 Å². The highest BCUT2D eigenvalue weighted by molar-refractivity contribution is 8.76. The molecule has 0 bridgehead atoms. The Bertz CT molecular complexity index is 291. The van der Waals surface area contributed by atoms with Crippen LogP contribution in [0.4, 0.5) is 0 Å². The predicted octanol–water partition coefficient (Wildman–Crippen LogP) is 2.84. The van der Waals surface area contributed by atoms with E-state index >= 15 is 0 Å². The van der Waals surface area contributed by atoms with Gasteiger partial charge < -0.3 is 10.6 Å². The molecule has 0 aliphatic heterocycles. The number of hydrogen-bond donors (Lipinski definition) is 2. The lowest BCUT2D eigenvalue weighted by Gasteiger charge is -2.17. The smallest absolute Gasteiger partial charge is 0.221 e. The van der Waals surface area contributed by atoms with Crippen molar-refractivity contribution in [1.29, 1.82) is 0 Å². The van der Waals surface area contributed by atoms with E-state index in [1.807, 2.05) is 31.6 Å². The standard InChI is InChI=1S/C14H28N2O2S2/c1-5-9-19-20-10-8-16-12(17)6-7-15-13(18)11-14(2,3)4/h5-11H2,1-4H3,(H,15,18)(H,16,17). The van der Waals surface area contributed by atoms with Crippen molar-refractivity contribution in [2.75, 3.05) is 24.6 Å². The summed E-state index contributed by atoms with van der Waals surface area (Å²) in [6.07, 6.45) is 2.01. The van der Waals surface area contributed by atoms with Gasteiger partial charge in [-0.25, -0.2) is 0 Å². The molecule has 0 heterocycles. The van der Waals surface area contributed by atoms with Crippen LogP contribution in [0.25, 0.3) is 0 Å². The van der Waals surface area contributed by atoms with Gasteiger partial charge in [0.2, 0.25) is 11.8 Å². The monoisotopic (exact) mass is 320 g/mol. The Morgan fingerprint density at radius 2 is 1.55 bits per heavy atom. The zero-order chi connectivity index (χ0) is 15.4. The number of rotatable bonds is 10. The van der Waals surface area contributed by atoms with E-state index in [-0.39, 0.29) is 17.2 Å². The summed E-state index contributed by atoms with van der Waals surface area (Å²) < 4.78 is 0. The minimum Gasteiger partial charge on any atom is -0.356 e. The molecule has 4 nitrogen and oxygen atoms in total. The van der Waals surface area contributed by atoms with Crippen LogP contribution >= 0.6 is 21.6 Å². The van der Waals surface area contributed by atoms with E-state index in [2.05, 4.69) is 17.6 Å². The second-order valence-electron chi connectivity index (χ2n) is 5.83. The maximum absolute atomic E-state index is 11.6. The van der Waals surface area contributed by atoms with Crippen molar-refractivity contribution in [1.82, 2.24) is 10.6 Å². The molecular formula is C14H28N2O2S2. The predicted molar refractivity (Wildman–Crippen MR) is 89.9 cm³/mol. The molecule has 0 saturated carbocycles. The van der Waals surface area contributed by atoms with Crippen molar-refractivity contribution < 1.29 is 9.59 Å². The fourth-order valence-corrected chi connectivity index (χ4v) is 3.43. The summed E-state index contributed by atoms with van der Waals surface area (Å²) in [6, 6.07) is 0. The van der Waals surface area contributed by atoms with Gasteiger partial charge in [0, 0.05) is 37.4 Å². The molecule has 0 aliphatic rings. The Hall–Kier alpha value is -0.360. The van der Waals surface area contributed by atoms with E-state index < -0.39 is 0 Å². The zero-order valence-electron chi connectivity index (χ0n) is 13.1. The molecule has 2 amide bonds. The zero-order valence-corrected chi connectivity index (χ0v) is 14.7. The minimum absolute atomic E-state index is 0.00199. The first-order chi connectivity index (χ1) is 9.35. The van der Waals surface area contributed by atoms with Crippen LogP contribution < -0.4 is 10.6 Å². The topological polar surface area (TPSA) is 58.2 Å². The molecule has 0 aromatic carbocycles. The van der Waals surface area contributed by atoms with Crippen LogP contribution in [-0.2, 0) is 9.59 Å². The third kappa shape index (κ3) is 14.1. The molecule has 0 saturated heterocycles. The summed E-state index contributed by atoms with van der Waals surface area (Å²) in [5.41, 5.74) is -0.0142. The molecule has 0 aliphatic carbocycles. The third-order valence-corrected chi connectivity index (χ3v) is 4.86. The SMILES string of the molecule is CCCSSCCNC(=O)CCNC(=O)CC(C)(C)C. The summed E-state index contributed by atoms with van der Waals surface area (Å²) in [7, 11) is 3.63. The number of amides is 2. The molecule has 0 atom stereocenters. The van der Waals surface area contributed by atoms with Crippen LogP contribution in [-0.4, -0.2) is 36.4 Å². The first-order valence-corrected chi connectivity index (χ1v) is 9.62. The van der Waals surface area contributed by atoms with Gasteiger partial charge in [0.15, 0.2) is 0 Å². The number of carbonyl (C=O) groups excluding carboxylic acids is 2. The van der Waals surface area contributed by atoms with Gasteiger partial charge >= 0.3 is 0 Å². The molecule has 6 heteroatoms. The molecule has 20 heavy (non-hydrogen) atoms. The lowest BCUT2D eigenvalue weighted by molar-refractivity contribution is -0.123. The molecule has 0 radical (unpaired) electrons. The van der Waals surface area contributed by atoms with Crippen LogP contribution in [0.5, 0.6) is 0 Å². The Labute approximate surface area is 131 Å². The second-order valence-corrected chi connectivity index (χ2v) is 8.53. The Morgan fingerprint density at radius 1 is 0.950 bits per heavy atom. The van der Waals surface area contributed by atoms with Gasteiger partial charge in [0.25, 0.3) is 0 Å². The van der Waals surface area contributed by atoms with Crippen molar-refractivity contribution in [3.05, 3.63) is 0 Å². The summed E-state index contributed by atoms with van der Waals surface area (Å²) in [5, 5.41) is 5.64. The largest absolute Gasteiger partial charge is 0.356 e. The van der Waals surface area contributed by atoms with E-state index in [9.17, 15) is 9.59 Å². The van der Waals surface area contributed by atoms with Gasteiger partial charge in [0.05, 0.1) is 0 Å². The normalized spacial score (nSPS) is 11.2. The van der Waals surface area contributed by atoms with Crippen molar-refractivity contribution in [3.63, 3.8) is 0 Å². The van der Waals surface area contributed by atoms with Crippen LogP contribution in [0.15, 0.2) is 0 Å². The first-order valence-electron chi connectivity index (χ1n) is 7.13. The molecule has 118 valence electrons. The summed E-state index contributed by atoms with van der Waals surface area (Å²) in [4.78, 5) is 23.1. The highest BCUT2D eigenvalue weighted by Crippen LogP contribution is 2.20. The van der Waals surface area contributed by atoms with Gasteiger partial charge in [-0.05, 0) is 11.8 Å². The number of carbonyl (C=O) groups is 2. The molecular weight excluding hydrogens is 292 g/mol. The van der Waals surface area contributed by atoms with E-state index in [4.69, 9.17) is 0 Å². The first kappa shape index (κ1) is 19.6. The summed E-state index contributed by atoms with van der Waals surface area (Å²) in [5.74, 6) is 2.09. The summed E-state index contributed by atoms with van der Waals surface area (Å²) >= 11 is 0. The van der Waals surface area contributed by atoms with Gasteiger partial charge in [-0.2, -0.15) is 0 Å². The van der Waals surface area contributed by atoms with Crippen molar-refractivity contribution >= 4 is 33.4 Å².